The van der Waals surface area contributed by atoms with Crippen molar-refractivity contribution in [2.24, 2.45) is 0 Å². The van der Waals surface area contributed by atoms with Crippen molar-refractivity contribution in [2.45, 2.75) is 55.1 Å². The van der Waals surface area contributed by atoms with Crippen LogP contribution in [0.1, 0.15) is 0 Å². The lowest BCUT2D eigenvalue weighted by Gasteiger charge is -2.42. The molecule has 11 N–H and O–H groups in total. The molecular weight excluding hydrogens is 336 g/mol. The standard InChI is InChI=1S/C12H24O11.H2O/c13-1-4(16)7(18)11(5(17)2-14)23-12-10(21)9(20)8(19)6(3-15)22-12;/h4-21H,1-3H2;1H2/t4-,5+,6+,7+,8+,9-,10+,11+,12+;/m0./s1. The highest BCUT2D eigenvalue weighted by Gasteiger charge is 2.46. The maximum atomic E-state index is 9.83. The Bertz CT molecular complexity index is 342. The van der Waals surface area contributed by atoms with Crippen LogP contribution in [0, 0.1) is 0 Å². The summed E-state index contributed by atoms with van der Waals surface area (Å²) in [6, 6.07) is 0. The number of aliphatic hydroxyl groups is 9. The van der Waals surface area contributed by atoms with Gasteiger partial charge in [-0.25, -0.2) is 0 Å². The zero-order valence-corrected chi connectivity index (χ0v) is 12.7. The minimum Gasteiger partial charge on any atom is -0.412 e. The lowest BCUT2D eigenvalue weighted by Crippen LogP contribution is -2.61. The van der Waals surface area contributed by atoms with E-state index in [-0.39, 0.29) is 5.48 Å². The third kappa shape index (κ3) is 5.26. The number of hydrogen-bond donors (Lipinski definition) is 9. The Morgan fingerprint density at radius 1 is 0.833 bits per heavy atom. The molecule has 12 nitrogen and oxygen atoms in total. The van der Waals surface area contributed by atoms with E-state index in [9.17, 15) is 30.6 Å². The Morgan fingerprint density at radius 3 is 1.83 bits per heavy atom. The molecule has 0 radical (unpaired) electrons. The second-order valence-corrected chi connectivity index (χ2v) is 5.29. The summed E-state index contributed by atoms with van der Waals surface area (Å²) in [5.74, 6) is 0. The fourth-order valence-corrected chi connectivity index (χ4v) is 2.16. The maximum absolute atomic E-state index is 9.83. The van der Waals surface area contributed by atoms with Crippen LogP contribution < -0.4 is 0 Å². The molecule has 0 saturated carbocycles. The van der Waals surface area contributed by atoms with Crippen molar-refractivity contribution >= 4 is 0 Å². The van der Waals surface area contributed by atoms with Crippen LogP contribution in [-0.4, -0.2) is 126 Å². The monoisotopic (exact) mass is 362 g/mol. The number of aliphatic hydroxyl groups excluding tert-OH is 9. The second kappa shape index (κ2) is 10.5. The predicted molar refractivity (Wildman–Crippen MR) is 74.4 cm³/mol. The lowest BCUT2D eigenvalue weighted by atomic mass is 9.98. The summed E-state index contributed by atoms with van der Waals surface area (Å²) in [6.07, 6.45) is -15.1. The molecule has 1 aliphatic heterocycles. The smallest absolute Gasteiger partial charge is 0.187 e. The summed E-state index contributed by atoms with van der Waals surface area (Å²) in [5.41, 5.74) is 0. The Balaban J connectivity index is 0.00000529. The van der Waals surface area contributed by atoms with Gasteiger partial charge in [-0.1, -0.05) is 0 Å². The lowest BCUT2D eigenvalue weighted by molar-refractivity contribution is -0.327. The van der Waals surface area contributed by atoms with Crippen molar-refractivity contribution in [2.75, 3.05) is 19.8 Å². The van der Waals surface area contributed by atoms with E-state index < -0.39 is 74.9 Å². The van der Waals surface area contributed by atoms with Gasteiger partial charge in [-0.15, -0.1) is 0 Å². The number of ether oxygens (including phenoxy) is 2. The molecule has 0 amide bonds. The highest BCUT2D eigenvalue weighted by molar-refractivity contribution is 4.91. The van der Waals surface area contributed by atoms with Gasteiger partial charge in [0, 0.05) is 0 Å². The molecule has 0 unspecified atom stereocenters. The first kappa shape index (κ1) is 23.5. The maximum Gasteiger partial charge on any atom is 0.187 e. The highest BCUT2D eigenvalue weighted by Crippen LogP contribution is 2.24. The Morgan fingerprint density at radius 2 is 1.38 bits per heavy atom. The largest absolute Gasteiger partial charge is 0.412 e. The third-order valence-corrected chi connectivity index (χ3v) is 3.62. The van der Waals surface area contributed by atoms with E-state index in [4.69, 9.17) is 24.8 Å². The van der Waals surface area contributed by atoms with Crippen LogP contribution in [0.5, 0.6) is 0 Å². The molecule has 0 spiro atoms. The van der Waals surface area contributed by atoms with Crippen LogP contribution in [0.4, 0.5) is 0 Å². The molecule has 0 aromatic carbocycles. The summed E-state index contributed by atoms with van der Waals surface area (Å²) in [7, 11) is 0. The van der Waals surface area contributed by atoms with Gasteiger partial charge in [0.25, 0.3) is 0 Å². The van der Waals surface area contributed by atoms with Crippen molar-refractivity contribution in [1.82, 2.24) is 0 Å². The van der Waals surface area contributed by atoms with Crippen molar-refractivity contribution in [3.63, 3.8) is 0 Å². The molecular formula is C12H26O12. The highest BCUT2D eigenvalue weighted by atomic mass is 16.7. The minimum absolute atomic E-state index is 0. The molecule has 1 aliphatic rings. The average Bonchev–Trinajstić information content (AvgIpc) is 2.57. The zero-order chi connectivity index (χ0) is 17.7. The Hall–Kier alpha value is -0.480. The van der Waals surface area contributed by atoms with Gasteiger partial charge in [0.1, 0.15) is 48.8 Å². The summed E-state index contributed by atoms with van der Waals surface area (Å²) in [5, 5.41) is 84.9. The van der Waals surface area contributed by atoms with Crippen LogP contribution >= 0.6 is 0 Å². The second-order valence-electron chi connectivity index (χ2n) is 5.29. The molecule has 0 bridgehead atoms. The SMILES string of the molecule is O.OC[C@@H](O)[C@@H](O[C@H]1O[C@H](CO)[C@@H](O)[C@H](O)[C@H]1O)[C@H](O)[C@@H](O)CO. The van der Waals surface area contributed by atoms with Gasteiger partial charge in [0.15, 0.2) is 6.29 Å². The third-order valence-electron chi connectivity index (χ3n) is 3.62. The zero-order valence-electron chi connectivity index (χ0n) is 12.7. The van der Waals surface area contributed by atoms with Gasteiger partial charge < -0.3 is 60.9 Å². The topological polar surface area (TPSA) is 232 Å². The van der Waals surface area contributed by atoms with Crippen LogP contribution in [0.15, 0.2) is 0 Å². The first-order valence-electron chi connectivity index (χ1n) is 7.00. The quantitative estimate of drug-likeness (QED) is 0.197. The molecule has 1 rings (SSSR count). The average molecular weight is 362 g/mol. The van der Waals surface area contributed by atoms with Crippen molar-refractivity contribution < 1.29 is 60.9 Å². The van der Waals surface area contributed by atoms with Crippen molar-refractivity contribution in [3.8, 4) is 0 Å². The fraction of sp³-hybridized carbons (Fsp3) is 1.00. The first-order chi connectivity index (χ1) is 10.8. The normalized spacial score (nSPS) is 35.6. The van der Waals surface area contributed by atoms with E-state index in [0.29, 0.717) is 0 Å². The molecule has 0 aromatic heterocycles. The van der Waals surface area contributed by atoms with E-state index in [0.717, 1.165) is 0 Å². The molecule has 24 heavy (non-hydrogen) atoms. The van der Waals surface area contributed by atoms with Crippen LogP contribution in [0.25, 0.3) is 0 Å². The molecule has 0 aromatic rings. The summed E-state index contributed by atoms with van der Waals surface area (Å²) in [4.78, 5) is 0. The van der Waals surface area contributed by atoms with Crippen molar-refractivity contribution in [1.29, 1.82) is 0 Å². The van der Waals surface area contributed by atoms with Crippen LogP contribution in [0.2, 0.25) is 0 Å². The van der Waals surface area contributed by atoms with E-state index in [2.05, 4.69) is 0 Å². The van der Waals surface area contributed by atoms with E-state index >= 15 is 0 Å². The summed E-state index contributed by atoms with van der Waals surface area (Å²) >= 11 is 0. The Kier molecular flexibility index (Phi) is 10.3. The molecule has 9 atom stereocenters. The number of hydrogen-bond acceptors (Lipinski definition) is 11. The van der Waals surface area contributed by atoms with Gasteiger partial charge in [-0.05, 0) is 0 Å². The molecule has 1 heterocycles. The van der Waals surface area contributed by atoms with Crippen LogP contribution in [-0.2, 0) is 9.47 Å². The van der Waals surface area contributed by atoms with Gasteiger partial charge >= 0.3 is 0 Å². The molecule has 1 fully saturated rings. The molecule has 12 heteroatoms. The Labute approximate surface area is 137 Å². The van der Waals surface area contributed by atoms with E-state index in [1.165, 1.54) is 0 Å². The molecule has 0 aliphatic carbocycles. The molecule has 146 valence electrons. The molecule has 1 saturated heterocycles. The first-order valence-corrected chi connectivity index (χ1v) is 7.00. The summed E-state index contributed by atoms with van der Waals surface area (Å²) in [6.45, 7) is -2.45. The van der Waals surface area contributed by atoms with Crippen LogP contribution in [0.3, 0.4) is 0 Å². The minimum atomic E-state index is -1.85. The fourth-order valence-electron chi connectivity index (χ4n) is 2.16. The van der Waals surface area contributed by atoms with Gasteiger partial charge in [-0.2, -0.15) is 0 Å². The summed E-state index contributed by atoms with van der Waals surface area (Å²) < 4.78 is 10.1. The van der Waals surface area contributed by atoms with Crippen molar-refractivity contribution in [3.05, 3.63) is 0 Å². The van der Waals surface area contributed by atoms with Gasteiger partial charge in [-0.3, -0.25) is 0 Å². The van der Waals surface area contributed by atoms with Gasteiger partial charge in [0.05, 0.1) is 19.8 Å². The van der Waals surface area contributed by atoms with E-state index in [1.54, 1.807) is 0 Å². The predicted octanol–water partition coefficient (Wildman–Crippen LogP) is -6.59. The number of rotatable bonds is 8. The van der Waals surface area contributed by atoms with Gasteiger partial charge in [0.2, 0.25) is 0 Å². The van der Waals surface area contributed by atoms with E-state index in [1.807, 2.05) is 0 Å².